The summed E-state index contributed by atoms with van der Waals surface area (Å²) in [5.41, 5.74) is 2.10. The summed E-state index contributed by atoms with van der Waals surface area (Å²) in [5.74, 6) is 2.56. The number of benzene rings is 1. The molecule has 132 valence electrons. The summed E-state index contributed by atoms with van der Waals surface area (Å²) in [6.07, 6.45) is 6.91. The average molecular weight is 337 g/mol. The Morgan fingerprint density at radius 2 is 1.92 bits per heavy atom. The highest BCUT2D eigenvalue weighted by atomic mass is 16.1. The van der Waals surface area contributed by atoms with Crippen molar-refractivity contribution < 1.29 is 4.79 Å². The van der Waals surface area contributed by atoms with Gasteiger partial charge in [-0.25, -0.2) is 0 Å². The van der Waals surface area contributed by atoms with Crippen molar-refractivity contribution >= 4 is 5.91 Å². The number of hydrogen-bond acceptors (Lipinski definition) is 3. The van der Waals surface area contributed by atoms with Crippen molar-refractivity contribution in [2.24, 2.45) is 5.92 Å². The number of nitriles is 1. The van der Waals surface area contributed by atoms with Crippen molar-refractivity contribution in [1.29, 1.82) is 5.26 Å². The predicted molar refractivity (Wildman–Crippen MR) is 99.6 cm³/mol. The van der Waals surface area contributed by atoms with E-state index in [-0.39, 0.29) is 17.2 Å². The molecule has 1 fully saturated rings. The summed E-state index contributed by atoms with van der Waals surface area (Å²) < 4.78 is 0. The number of nitrogens with zero attached hydrogens (tertiary/aromatic N) is 2. The second-order valence-corrected chi connectivity index (χ2v) is 7.70. The van der Waals surface area contributed by atoms with Crippen LogP contribution in [0.2, 0.25) is 0 Å². The van der Waals surface area contributed by atoms with E-state index in [9.17, 15) is 10.1 Å². The minimum absolute atomic E-state index is 0.0354. The molecule has 1 unspecified atom stereocenters. The van der Waals surface area contributed by atoms with E-state index in [4.69, 9.17) is 6.42 Å². The summed E-state index contributed by atoms with van der Waals surface area (Å²) in [5, 5.41) is 12.4. The number of piperidine rings is 1. The van der Waals surface area contributed by atoms with Crippen LogP contribution in [-0.2, 0) is 10.2 Å². The molecule has 0 radical (unpaired) electrons. The van der Waals surface area contributed by atoms with Gasteiger partial charge in [-0.1, -0.05) is 51.0 Å². The summed E-state index contributed by atoms with van der Waals surface area (Å²) in [4.78, 5) is 14.7. The van der Waals surface area contributed by atoms with Gasteiger partial charge < -0.3 is 5.32 Å². The molecule has 1 saturated heterocycles. The highest BCUT2D eigenvalue weighted by molar-refractivity contribution is 5.79. The fourth-order valence-electron chi connectivity index (χ4n) is 3.11. The summed E-state index contributed by atoms with van der Waals surface area (Å²) >= 11 is 0. The minimum atomic E-state index is -0.606. The van der Waals surface area contributed by atoms with Crippen molar-refractivity contribution in [2.45, 2.75) is 45.1 Å². The van der Waals surface area contributed by atoms with Crippen molar-refractivity contribution in [3.63, 3.8) is 0 Å². The molecular weight excluding hydrogens is 310 g/mol. The van der Waals surface area contributed by atoms with E-state index in [1.807, 2.05) is 24.3 Å². The SMILES string of the molecule is C#CCN1CCC(C(=O)NC(C#N)c2ccc(C(C)(C)C)cc2)CC1. The highest BCUT2D eigenvalue weighted by Gasteiger charge is 2.26. The molecule has 4 nitrogen and oxygen atoms in total. The number of amides is 1. The van der Waals surface area contributed by atoms with E-state index < -0.39 is 6.04 Å². The number of rotatable bonds is 4. The Balaban J connectivity index is 1.97. The Bertz CT molecular complexity index is 665. The molecule has 1 N–H and O–H groups in total. The Morgan fingerprint density at radius 1 is 1.32 bits per heavy atom. The number of nitrogens with one attached hydrogen (secondary N) is 1. The molecule has 1 heterocycles. The normalized spacial score (nSPS) is 17.3. The van der Waals surface area contributed by atoms with E-state index in [1.54, 1.807) is 0 Å². The van der Waals surface area contributed by atoms with Crippen LogP contribution < -0.4 is 5.32 Å². The van der Waals surface area contributed by atoms with E-state index >= 15 is 0 Å². The third-order valence-electron chi connectivity index (χ3n) is 4.80. The van der Waals surface area contributed by atoms with Crippen LogP contribution in [0.5, 0.6) is 0 Å². The monoisotopic (exact) mass is 337 g/mol. The van der Waals surface area contributed by atoms with Gasteiger partial charge in [-0.3, -0.25) is 9.69 Å². The van der Waals surface area contributed by atoms with Crippen LogP contribution in [0, 0.1) is 29.6 Å². The number of carbonyl (C=O) groups excluding carboxylic acids is 1. The van der Waals surface area contributed by atoms with Gasteiger partial charge in [0.05, 0.1) is 12.6 Å². The van der Waals surface area contributed by atoms with Gasteiger partial charge in [0.2, 0.25) is 5.91 Å². The zero-order valence-electron chi connectivity index (χ0n) is 15.4. The molecule has 25 heavy (non-hydrogen) atoms. The minimum Gasteiger partial charge on any atom is -0.336 e. The van der Waals surface area contributed by atoms with Gasteiger partial charge in [0, 0.05) is 5.92 Å². The Kier molecular flexibility index (Phi) is 6.23. The van der Waals surface area contributed by atoms with E-state index in [0.29, 0.717) is 6.54 Å². The first-order chi connectivity index (χ1) is 11.8. The lowest BCUT2D eigenvalue weighted by atomic mass is 9.86. The van der Waals surface area contributed by atoms with Crippen molar-refractivity contribution in [3.8, 4) is 18.4 Å². The zero-order valence-corrected chi connectivity index (χ0v) is 15.4. The molecule has 4 heteroatoms. The van der Waals surface area contributed by atoms with Crippen LogP contribution in [0.4, 0.5) is 0 Å². The van der Waals surface area contributed by atoms with Crippen LogP contribution >= 0.6 is 0 Å². The third-order valence-corrected chi connectivity index (χ3v) is 4.80. The number of hydrogen-bond donors (Lipinski definition) is 1. The maximum absolute atomic E-state index is 12.5. The lowest BCUT2D eigenvalue weighted by molar-refractivity contribution is -0.126. The second-order valence-electron chi connectivity index (χ2n) is 7.70. The number of likely N-dealkylation sites (tertiary alicyclic amines) is 1. The first-order valence-electron chi connectivity index (χ1n) is 8.81. The lowest BCUT2D eigenvalue weighted by Crippen LogP contribution is -2.41. The van der Waals surface area contributed by atoms with Gasteiger partial charge in [-0.2, -0.15) is 5.26 Å². The smallest absolute Gasteiger partial charge is 0.224 e. The van der Waals surface area contributed by atoms with E-state index in [2.05, 4.69) is 43.0 Å². The van der Waals surface area contributed by atoms with Gasteiger partial charge in [0.25, 0.3) is 0 Å². The molecule has 0 aliphatic carbocycles. The van der Waals surface area contributed by atoms with E-state index in [1.165, 1.54) is 5.56 Å². The van der Waals surface area contributed by atoms with Crippen LogP contribution in [0.3, 0.4) is 0 Å². The highest BCUT2D eigenvalue weighted by Crippen LogP contribution is 2.24. The molecule has 1 amide bonds. The summed E-state index contributed by atoms with van der Waals surface area (Å²) in [6.45, 7) is 8.75. The molecule has 0 saturated carbocycles. The molecule has 1 atom stereocenters. The van der Waals surface area contributed by atoms with Gasteiger partial charge in [-0.15, -0.1) is 6.42 Å². The molecule has 0 bridgehead atoms. The van der Waals surface area contributed by atoms with Crippen LogP contribution in [0.1, 0.15) is 50.8 Å². The Labute approximate surface area is 151 Å². The van der Waals surface area contributed by atoms with Crippen LogP contribution in [0.15, 0.2) is 24.3 Å². The molecule has 2 rings (SSSR count). The lowest BCUT2D eigenvalue weighted by Gasteiger charge is -2.30. The van der Waals surface area contributed by atoms with Gasteiger partial charge in [-0.05, 0) is 42.5 Å². The molecule has 0 aromatic heterocycles. The molecule has 1 aliphatic rings. The van der Waals surface area contributed by atoms with Crippen molar-refractivity contribution in [2.75, 3.05) is 19.6 Å². The predicted octanol–water partition coefficient (Wildman–Crippen LogP) is 3.01. The van der Waals surface area contributed by atoms with Gasteiger partial charge >= 0.3 is 0 Å². The topological polar surface area (TPSA) is 56.1 Å². The van der Waals surface area contributed by atoms with Crippen LogP contribution in [0.25, 0.3) is 0 Å². The first kappa shape index (κ1) is 19.0. The standard InChI is InChI=1S/C21H27N3O/c1-5-12-24-13-10-17(11-14-24)20(25)23-19(15-22)16-6-8-18(9-7-16)21(2,3)4/h1,6-9,17,19H,10-14H2,2-4H3,(H,23,25). The van der Waals surface area contributed by atoms with Gasteiger partial charge in [0.1, 0.15) is 6.04 Å². The fraction of sp³-hybridized carbons (Fsp3) is 0.524. The summed E-state index contributed by atoms with van der Waals surface area (Å²) in [7, 11) is 0. The number of terminal acetylenes is 1. The second kappa shape index (κ2) is 8.19. The van der Waals surface area contributed by atoms with Crippen LogP contribution in [-0.4, -0.2) is 30.4 Å². The van der Waals surface area contributed by atoms with E-state index in [0.717, 1.165) is 31.5 Å². The molecule has 1 aromatic carbocycles. The zero-order chi connectivity index (χ0) is 18.4. The Hall–Kier alpha value is -2.30. The average Bonchev–Trinajstić information content (AvgIpc) is 2.60. The molecule has 1 aliphatic heterocycles. The largest absolute Gasteiger partial charge is 0.336 e. The maximum atomic E-state index is 12.5. The Morgan fingerprint density at radius 3 is 2.40 bits per heavy atom. The van der Waals surface area contributed by atoms with Crippen molar-refractivity contribution in [1.82, 2.24) is 10.2 Å². The fourth-order valence-corrected chi connectivity index (χ4v) is 3.11. The molecule has 0 spiro atoms. The van der Waals surface area contributed by atoms with Gasteiger partial charge in [0.15, 0.2) is 0 Å². The quantitative estimate of drug-likeness (QED) is 0.859. The molecule has 1 aromatic rings. The molecular formula is C21H27N3O. The van der Waals surface area contributed by atoms with Crippen molar-refractivity contribution in [3.05, 3.63) is 35.4 Å². The first-order valence-corrected chi connectivity index (χ1v) is 8.81. The number of carbonyl (C=O) groups is 1. The summed E-state index contributed by atoms with van der Waals surface area (Å²) in [6, 6.07) is 9.53. The maximum Gasteiger partial charge on any atom is 0.224 e. The third kappa shape index (κ3) is 5.08.